The summed E-state index contributed by atoms with van der Waals surface area (Å²) in [4.78, 5) is 12.6. The molecule has 0 aliphatic carbocycles. The second-order valence-corrected chi connectivity index (χ2v) is 5.34. The monoisotopic (exact) mass is 326 g/mol. The van der Waals surface area contributed by atoms with Gasteiger partial charge in [0.15, 0.2) is 5.78 Å². The minimum Gasteiger partial charge on any atom is -0.293 e. The number of Topliss-reactive ketones (excluding diaryl/α,β-unsaturated/α-hetero) is 1. The highest BCUT2D eigenvalue weighted by Gasteiger charge is 2.34. The van der Waals surface area contributed by atoms with Crippen molar-refractivity contribution in [1.29, 1.82) is 0 Å². The molecule has 116 valence electrons. The number of benzene rings is 2. The summed E-state index contributed by atoms with van der Waals surface area (Å²) in [7, 11) is 0. The number of halogens is 4. The van der Waals surface area contributed by atoms with Crippen LogP contribution < -0.4 is 0 Å². The van der Waals surface area contributed by atoms with Crippen molar-refractivity contribution in [2.75, 3.05) is 0 Å². The fourth-order valence-corrected chi connectivity index (χ4v) is 2.58. The van der Waals surface area contributed by atoms with Crippen molar-refractivity contribution in [3.8, 4) is 0 Å². The minimum atomic E-state index is -4.58. The minimum absolute atomic E-state index is 0.0208. The molecule has 0 saturated carbocycles. The van der Waals surface area contributed by atoms with E-state index in [1.165, 1.54) is 6.07 Å². The van der Waals surface area contributed by atoms with Crippen LogP contribution in [0.5, 0.6) is 0 Å². The summed E-state index contributed by atoms with van der Waals surface area (Å²) in [6.45, 7) is 1.83. The van der Waals surface area contributed by atoms with Gasteiger partial charge in [-0.15, -0.1) is 0 Å². The average molecular weight is 327 g/mol. The van der Waals surface area contributed by atoms with Crippen molar-refractivity contribution in [1.82, 2.24) is 0 Å². The van der Waals surface area contributed by atoms with E-state index in [9.17, 15) is 18.0 Å². The van der Waals surface area contributed by atoms with Crippen LogP contribution in [0.4, 0.5) is 13.2 Å². The van der Waals surface area contributed by atoms with E-state index in [1.807, 2.05) is 13.0 Å². The molecular weight excluding hydrogens is 313 g/mol. The van der Waals surface area contributed by atoms with Crippen molar-refractivity contribution in [2.24, 2.45) is 0 Å². The highest BCUT2D eigenvalue weighted by molar-refractivity contribution is 6.31. The molecule has 0 saturated heterocycles. The van der Waals surface area contributed by atoms with Crippen LogP contribution in [0, 0.1) is 0 Å². The van der Waals surface area contributed by atoms with Gasteiger partial charge in [0.25, 0.3) is 0 Å². The Hall–Kier alpha value is -1.81. The zero-order valence-electron chi connectivity index (χ0n) is 11.8. The van der Waals surface area contributed by atoms with Gasteiger partial charge >= 0.3 is 6.18 Å². The van der Waals surface area contributed by atoms with Gasteiger partial charge in [-0.3, -0.25) is 4.79 Å². The van der Waals surface area contributed by atoms with E-state index in [-0.39, 0.29) is 11.3 Å². The van der Waals surface area contributed by atoms with Gasteiger partial charge in [0.1, 0.15) is 0 Å². The molecule has 0 amide bonds. The summed E-state index contributed by atoms with van der Waals surface area (Å²) < 4.78 is 38.7. The summed E-state index contributed by atoms with van der Waals surface area (Å²) in [5.41, 5.74) is -0.172. The normalized spacial score (nSPS) is 13.0. The SMILES string of the molecule is CCC(C(=O)c1ccc(Cl)c(C(F)(F)F)c1)c1ccccc1. The Bertz CT molecular complexity index is 665. The highest BCUT2D eigenvalue weighted by Crippen LogP contribution is 2.36. The molecule has 1 atom stereocenters. The van der Waals surface area contributed by atoms with Crippen LogP contribution in [-0.2, 0) is 6.18 Å². The van der Waals surface area contributed by atoms with Crippen molar-refractivity contribution >= 4 is 17.4 Å². The number of carbonyl (C=O) groups is 1. The molecule has 0 aliphatic heterocycles. The van der Waals surface area contributed by atoms with E-state index in [0.29, 0.717) is 6.42 Å². The summed E-state index contributed by atoms with van der Waals surface area (Å²) in [5.74, 6) is -0.806. The van der Waals surface area contributed by atoms with E-state index in [2.05, 4.69) is 0 Å². The summed E-state index contributed by atoms with van der Waals surface area (Å²) >= 11 is 5.58. The Morgan fingerprint density at radius 1 is 1.14 bits per heavy atom. The maximum Gasteiger partial charge on any atom is 0.417 e. The first kappa shape index (κ1) is 16.6. The summed E-state index contributed by atoms with van der Waals surface area (Å²) in [5, 5.41) is -0.406. The third-order valence-corrected chi connectivity index (χ3v) is 3.81. The molecule has 0 aliphatic rings. The molecule has 0 N–H and O–H groups in total. The quantitative estimate of drug-likeness (QED) is 0.655. The van der Waals surface area contributed by atoms with E-state index >= 15 is 0 Å². The smallest absolute Gasteiger partial charge is 0.293 e. The molecule has 2 aromatic carbocycles. The predicted octanol–water partition coefficient (Wildman–Crippen LogP) is 5.74. The highest BCUT2D eigenvalue weighted by atomic mass is 35.5. The first-order valence-corrected chi connectivity index (χ1v) is 7.18. The van der Waals surface area contributed by atoms with Crippen LogP contribution in [0.25, 0.3) is 0 Å². The molecule has 0 bridgehead atoms. The van der Waals surface area contributed by atoms with Crippen molar-refractivity contribution in [3.05, 3.63) is 70.2 Å². The van der Waals surface area contributed by atoms with Crippen LogP contribution in [0.15, 0.2) is 48.5 Å². The van der Waals surface area contributed by atoms with Gasteiger partial charge in [-0.1, -0.05) is 48.9 Å². The predicted molar refractivity (Wildman–Crippen MR) is 80.3 cm³/mol. The first-order valence-electron chi connectivity index (χ1n) is 6.80. The first-order chi connectivity index (χ1) is 10.3. The standard InChI is InChI=1S/C17H14ClF3O/c1-2-13(11-6-4-3-5-7-11)16(22)12-8-9-15(18)14(10-12)17(19,20)21/h3-10,13H,2H2,1H3. The van der Waals surface area contributed by atoms with Gasteiger partial charge in [-0.25, -0.2) is 0 Å². The topological polar surface area (TPSA) is 17.1 Å². The van der Waals surface area contributed by atoms with E-state index in [1.54, 1.807) is 24.3 Å². The lowest BCUT2D eigenvalue weighted by Crippen LogP contribution is -2.14. The largest absolute Gasteiger partial charge is 0.417 e. The fraction of sp³-hybridized carbons (Fsp3) is 0.235. The lowest BCUT2D eigenvalue weighted by Gasteiger charge is -2.16. The second-order valence-electron chi connectivity index (χ2n) is 4.93. The lowest BCUT2D eigenvalue weighted by molar-refractivity contribution is -0.137. The maximum atomic E-state index is 12.9. The van der Waals surface area contributed by atoms with Gasteiger partial charge in [-0.2, -0.15) is 13.2 Å². The number of ketones is 1. The maximum absolute atomic E-state index is 12.9. The molecule has 5 heteroatoms. The zero-order chi connectivity index (χ0) is 16.3. The number of hydrogen-bond acceptors (Lipinski definition) is 1. The molecule has 0 radical (unpaired) electrons. The molecule has 0 heterocycles. The lowest BCUT2D eigenvalue weighted by atomic mass is 9.88. The Morgan fingerprint density at radius 3 is 2.32 bits per heavy atom. The Kier molecular flexibility index (Phi) is 4.91. The molecule has 2 aromatic rings. The van der Waals surface area contributed by atoms with Crippen molar-refractivity contribution in [3.63, 3.8) is 0 Å². The third kappa shape index (κ3) is 3.50. The Morgan fingerprint density at radius 2 is 1.77 bits per heavy atom. The second kappa shape index (κ2) is 6.53. The third-order valence-electron chi connectivity index (χ3n) is 3.48. The Balaban J connectivity index is 2.41. The van der Waals surface area contributed by atoms with Gasteiger partial charge in [0.05, 0.1) is 10.6 Å². The van der Waals surface area contributed by atoms with Gasteiger partial charge in [0, 0.05) is 11.5 Å². The van der Waals surface area contributed by atoms with Crippen LogP contribution in [0.1, 0.15) is 40.7 Å². The van der Waals surface area contributed by atoms with Crippen LogP contribution in [0.2, 0.25) is 5.02 Å². The molecule has 22 heavy (non-hydrogen) atoms. The molecule has 2 rings (SSSR count). The van der Waals surface area contributed by atoms with Crippen molar-refractivity contribution < 1.29 is 18.0 Å². The summed E-state index contributed by atoms with van der Waals surface area (Å²) in [6, 6.07) is 12.3. The van der Waals surface area contributed by atoms with E-state index < -0.39 is 22.7 Å². The van der Waals surface area contributed by atoms with Crippen LogP contribution in [-0.4, -0.2) is 5.78 Å². The molecular formula is C17H14ClF3O. The van der Waals surface area contributed by atoms with Crippen molar-refractivity contribution in [2.45, 2.75) is 25.4 Å². The van der Waals surface area contributed by atoms with E-state index in [0.717, 1.165) is 17.7 Å². The van der Waals surface area contributed by atoms with Gasteiger partial charge < -0.3 is 0 Å². The van der Waals surface area contributed by atoms with Gasteiger partial charge in [0.2, 0.25) is 0 Å². The van der Waals surface area contributed by atoms with E-state index in [4.69, 9.17) is 11.6 Å². The molecule has 0 fully saturated rings. The number of rotatable bonds is 4. The number of carbonyl (C=O) groups excluding carboxylic acids is 1. The average Bonchev–Trinajstić information content (AvgIpc) is 2.48. The number of hydrogen-bond donors (Lipinski definition) is 0. The number of alkyl halides is 3. The fourth-order valence-electron chi connectivity index (χ4n) is 2.35. The molecule has 0 spiro atoms. The molecule has 1 nitrogen and oxygen atoms in total. The van der Waals surface area contributed by atoms with Crippen LogP contribution in [0.3, 0.4) is 0 Å². The molecule has 0 aromatic heterocycles. The summed E-state index contributed by atoms with van der Waals surface area (Å²) in [6.07, 6.45) is -4.07. The zero-order valence-corrected chi connectivity index (χ0v) is 12.6. The van der Waals surface area contributed by atoms with Crippen LogP contribution >= 0.6 is 11.6 Å². The molecule has 1 unspecified atom stereocenters. The Labute approximate surface area is 131 Å². The van der Waals surface area contributed by atoms with Gasteiger partial charge in [-0.05, 0) is 30.2 Å².